The summed E-state index contributed by atoms with van der Waals surface area (Å²) in [5.74, 6) is 0. The highest BCUT2D eigenvalue weighted by molar-refractivity contribution is 5.76. The number of aromatic nitrogens is 2. The van der Waals surface area contributed by atoms with Crippen LogP contribution in [0.4, 0.5) is 4.79 Å². The number of carbonyl (C=O) groups is 1. The van der Waals surface area contributed by atoms with Gasteiger partial charge >= 0.3 is 6.03 Å². The first-order valence-electron chi connectivity index (χ1n) is 5.06. The number of hydrogen-bond donors (Lipinski definition) is 0. The SMILES string of the molecule is CCCN(CCC)C(=O)n1ccnc1. The molecule has 0 bridgehead atoms. The van der Waals surface area contributed by atoms with E-state index >= 15 is 0 Å². The van der Waals surface area contributed by atoms with E-state index in [4.69, 9.17) is 0 Å². The van der Waals surface area contributed by atoms with Crippen molar-refractivity contribution in [2.75, 3.05) is 13.1 Å². The molecule has 1 aromatic heterocycles. The third-order valence-electron chi connectivity index (χ3n) is 1.98. The van der Waals surface area contributed by atoms with Gasteiger partial charge in [-0.2, -0.15) is 0 Å². The molecule has 78 valence electrons. The summed E-state index contributed by atoms with van der Waals surface area (Å²) in [6, 6.07) is 0.0196. The normalized spacial score (nSPS) is 10.1. The standard InChI is InChI=1S/C10H17N3O/c1-3-6-12(7-4-2)10(14)13-8-5-11-9-13/h5,8-9H,3-4,6-7H2,1-2H3. The fraction of sp³-hybridized carbons (Fsp3) is 0.600. The van der Waals surface area contributed by atoms with Gasteiger partial charge in [-0.05, 0) is 12.8 Å². The van der Waals surface area contributed by atoms with Crippen molar-refractivity contribution in [2.45, 2.75) is 26.7 Å². The average molecular weight is 195 g/mol. The van der Waals surface area contributed by atoms with E-state index in [-0.39, 0.29) is 6.03 Å². The van der Waals surface area contributed by atoms with E-state index < -0.39 is 0 Å². The van der Waals surface area contributed by atoms with Crippen molar-refractivity contribution in [1.82, 2.24) is 14.5 Å². The molecule has 0 aliphatic heterocycles. The zero-order chi connectivity index (χ0) is 10.4. The molecule has 0 saturated carbocycles. The van der Waals surface area contributed by atoms with Gasteiger partial charge in [0.1, 0.15) is 6.33 Å². The van der Waals surface area contributed by atoms with Gasteiger partial charge in [0, 0.05) is 25.5 Å². The van der Waals surface area contributed by atoms with Crippen molar-refractivity contribution >= 4 is 6.03 Å². The number of hydrogen-bond acceptors (Lipinski definition) is 2. The molecule has 1 amide bonds. The molecule has 0 radical (unpaired) electrons. The molecule has 0 aliphatic carbocycles. The Balaban J connectivity index is 2.63. The zero-order valence-electron chi connectivity index (χ0n) is 8.81. The van der Waals surface area contributed by atoms with Crippen LogP contribution in [0.2, 0.25) is 0 Å². The summed E-state index contributed by atoms with van der Waals surface area (Å²) in [4.78, 5) is 17.5. The molecule has 14 heavy (non-hydrogen) atoms. The van der Waals surface area contributed by atoms with Crippen LogP contribution in [0.25, 0.3) is 0 Å². The van der Waals surface area contributed by atoms with E-state index in [1.165, 1.54) is 4.57 Å². The molecule has 4 heteroatoms. The van der Waals surface area contributed by atoms with Gasteiger partial charge in [-0.15, -0.1) is 0 Å². The second-order valence-electron chi connectivity index (χ2n) is 3.24. The Kier molecular flexibility index (Phi) is 4.16. The highest BCUT2D eigenvalue weighted by Crippen LogP contribution is 1.99. The smallest absolute Gasteiger partial charge is 0.324 e. The van der Waals surface area contributed by atoms with Gasteiger partial charge in [0.05, 0.1) is 0 Å². The molecule has 0 aliphatic rings. The van der Waals surface area contributed by atoms with Gasteiger partial charge in [0.25, 0.3) is 0 Å². The molecular formula is C10H17N3O. The third-order valence-corrected chi connectivity index (χ3v) is 1.98. The van der Waals surface area contributed by atoms with E-state index in [9.17, 15) is 4.79 Å². The van der Waals surface area contributed by atoms with E-state index in [1.807, 2.05) is 4.90 Å². The Labute approximate surface area is 84.5 Å². The average Bonchev–Trinajstić information content (AvgIpc) is 2.69. The van der Waals surface area contributed by atoms with Crippen molar-refractivity contribution in [1.29, 1.82) is 0 Å². The number of rotatable bonds is 4. The Morgan fingerprint density at radius 1 is 1.36 bits per heavy atom. The topological polar surface area (TPSA) is 38.1 Å². The Bertz CT molecular complexity index is 263. The van der Waals surface area contributed by atoms with Crippen LogP contribution in [0.3, 0.4) is 0 Å². The molecule has 1 rings (SSSR count). The van der Waals surface area contributed by atoms with Crippen LogP contribution in [0.15, 0.2) is 18.7 Å². The summed E-state index contributed by atoms with van der Waals surface area (Å²) in [7, 11) is 0. The summed E-state index contributed by atoms with van der Waals surface area (Å²) in [6.45, 7) is 5.77. The second-order valence-corrected chi connectivity index (χ2v) is 3.24. The summed E-state index contributed by atoms with van der Waals surface area (Å²) in [6.07, 6.45) is 6.82. The first kappa shape index (κ1) is 10.8. The maximum Gasteiger partial charge on any atom is 0.329 e. The van der Waals surface area contributed by atoms with E-state index in [0.29, 0.717) is 0 Å². The molecule has 0 aromatic carbocycles. The summed E-state index contributed by atoms with van der Waals surface area (Å²) >= 11 is 0. The van der Waals surface area contributed by atoms with E-state index in [2.05, 4.69) is 18.8 Å². The van der Waals surface area contributed by atoms with E-state index in [1.54, 1.807) is 18.7 Å². The summed E-state index contributed by atoms with van der Waals surface area (Å²) < 4.78 is 1.52. The number of imidazole rings is 1. The lowest BCUT2D eigenvalue weighted by Gasteiger charge is -2.21. The zero-order valence-corrected chi connectivity index (χ0v) is 8.81. The van der Waals surface area contributed by atoms with Crippen LogP contribution in [0.5, 0.6) is 0 Å². The van der Waals surface area contributed by atoms with Crippen LogP contribution in [0.1, 0.15) is 26.7 Å². The lowest BCUT2D eigenvalue weighted by molar-refractivity contribution is 0.199. The van der Waals surface area contributed by atoms with Crippen LogP contribution >= 0.6 is 0 Å². The van der Waals surface area contributed by atoms with Crippen LogP contribution in [-0.4, -0.2) is 33.6 Å². The fourth-order valence-corrected chi connectivity index (χ4v) is 1.38. The molecule has 4 nitrogen and oxygen atoms in total. The van der Waals surface area contributed by atoms with Crippen LogP contribution in [0, 0.1) is 0 Å². The molecule has 1 heterocycles. The maximum absolute atomic E-state index is 11.8. The van der Waals surface area contributed by atoms with Gasteiger partial charge in [-0.25, -0.2) is 9.78 Å². The van der Waals surface area contributed by atoms with Gasteiger partial charge in [-0.3, -0.25) is 4.57 Å². The van der Waals surface area contributed by atoms with Crippen LogP contribution < -0.4 is 0 Å². The molecule has 1 aromatic rings. The van der Waals surface area contributed by atoms with Gasteiger partial charge in [0.15, 0.2) is 0 Å². The largest absolute Gasteiger partial charge is 0.329 e. The van der Waals surface area contributed by atoms with E-state index in [0.717, 1.165) is 25.9 Å². The molecule has 0 saturated heterocycles. The minimum Gasteiger partial charge on any atom is -0.324 e. The highest BCUT2D eigenvalue weighted by Gasteiger charge is 2.12. The first-order chi connectivity index (χ1) is 6.79. The molecule has 0 atom stereocenters. The fourth-order valence-electron chi connectivity index (χ4n) is 1.38. The lowest BCUT2D eigenvalue weighted by atomic mass is 10.4. The minimum absolute atomic E-state index is 0.0196. The second kappa shape index (κ2) is 5.42. The quantitative estimate of drug-likeness (QED) is 0.736. The molecule has 0 fully saturated rings. The van der Waals surface area contributed by atoms with Gasteiger partial charge < -0.3 is 4.90 Å². The molecular weight excluding hydrogens is 178 g/mol. The van der Waals surface area contributed by atoms with Crippen molar-refractivity contribution in [3.8, 4) is 0 Å². The van der Waals surface area contributed by atoms with Crippen molar-refractivity contribution in [3.05, 3.63) is 18.7 Å². The predicted molar refractivity (Wildman–Crippen MR) is 55.2 cm³/mol. The highest BCUT2D eigenvalue weighted by atomic mass is 16.2. The summed E-state index contributed by atoms with van der Waals surface area (Å²) in [5, 5.41) is 0. The Hall–Kier alpha value is -1.32. The Morgan fingerprint density at radius 3 is 2.43 bits per heavy atom. The monoisotopic (exact) mass is 195 g/mol. The number of carbonyl (C=O) groups excluding carboxylic acids is 1. The van der Waals surface area contributed by atoms with Gasteiger partial charge in [-0.1, -0.05) is 13.8 Å². The summed E-state index contributed by atoms with van der Waals surface area (Å²) in [5.41, 5.74) is 0. The number of amides is 1. The van der Waals surface area contributed by atoms with Crippen molar-refractivity contribution in [3.63, 3.8) is 0 Å². The van der Waals surface area contributed by atoms with Crippen molar-refractivity contribution in [2.24, 2.45) is 0 Å². The number of nitrogens with zero attached hydrogens (tertiary/aromatic N) is 3. The molecule has 0 spiro atoms. The Morgan fingerprint density at radius 2 is 2.00 bits per heavy atom. The predicted octanol–water partition coefficient (Wildman–Crippen LogP) is 1.97. The van der Waals surface area contributed by atoms with Crippen LogP contribution in [-0.2, 0) is 0 Å². The first-order valence-corrected chi connectivity index (χ1v) is 5.06. The molecule has 0 unspecified atom stereocenters. The lowest BCUT2D eigenvalue weighted by Crippen LogP contribution is -2.35. The van der Waals surface area contributed by atoms with Gasteiger partial charge in [0.2, 0.25) is 0 Å². The third kappa shape index (κ3) is 2.58. The van der Waals surface area contributed by atoms with Crippen molar-refractivity contribution < 1.29 is 4.79 Å². The minimum atomic E-state index is 0.0196. The maximum atomic E-state index is 11.8. The molecule has 0 N–H and O–H groups in total.